The van der Waals surface area contributed by atoms with Crippen LogP contribution in [0.15, 0.2) is 74.4 Å². The van der Waals surface area contributed by atoms with Crippen LogP contribution in [0.1, 0.15) is 25.5 Å². The SMILES string of the molecule is CCc1noc(-c2cn(-c3ccc(F)cc3)c(-c3nc(-c4nc(CC)no4)cn3-c3cccc(Br)c3)n2)n1. The van der Waals surface area contributed by atoms with Crippen LogP contribution in [0.3, 0.4) is 0 Å². The minimum atomic E-state index is -0.346. The van der Waals surface area contributed by atoms with E-state index in [0.717, 1.165) is 10.2 Å². The zero-order valence-electron chi connectivity index (χ0n) is 20.3. The average Bonchev–Trinajstić information content (AvgIpc) is 3.73. The van der Waals surface area contributed by atoms with Crippen molar-refractivity contribution >= 4 is 15.9 Å². The van der Waals surface area contributed by atoms with E-state index >= 15 is 0 Å². The van der Waals surface area contributed by atoms with Gasteiger partial charge < -0.3 is 9.05 Å². The monoisotopic (exact) mass is 574 g/mol. The number of imidazole rings is 2. The third-order valence-electron chi connectivity index (χ3n) is 5.81. The molecule has 190 valence electrons. The first-order valence-electron chi connectivity index (χ1n) is 11.9. The Morgan fingerprint density at radius 1 is 0.737 bits per heavy atom. The first-order chi connectivity index (χ1) is 18.5. The standard InChI is InChI=1S/C26H20BrFN8O2/c1-3-21-31-25(37-33-21)19-13-35(17-10-8-16(28)9-11-17)23(29-19)24-30-20(26-32-22(4-2)34-38-26)14-36(24)18-7-5-6-15(27)12-18/h5-14H,3-4H2,1-2H3. The van der Waals surface area contributed by atoms with Gasteiger partial charge in [-0.1, -0.05) is 46.2 Å². The van der Waals surface area contributed by atoms with Crippen molar-refractivity contribution in [2.75, 3.05) is 0 Å². The van der Waals surface area contributed by atoms with E-state index in [9.17, 15) is 4.39 Å². The second-order valence-electron chi connectivity index (χ2n) is 8.33. The molecule has 0 aliphatic carbocycles. The number of hydrogen-bond donors (Lipinski definition) is 0. The molecule has 4 aromatic heterocycles. The Labute approximate surface area is 224 Å². The Kier molecular flexibility index (Phi) is 6.16. The molecule has 6 aromatic rings. The lowest BCUT2D eigenvalue weighted by molar-refractivity contribution is 0.422. The summed E-state index contributed by atoms with van der Waals surface area (Å²) in [6, 6.07) is 13.9. The van der Waals surface area contributed by atoms with Crippen molar-refractivity contribution in [3.63, 3.8) is 0 Å². The molecule has 4 heterocycles. The maximum Gasteiger partial charge on any atom is 0.278 e. The highest BCUT2D eigenvalue weighted by molar-refractivity contribution is 9.10. The van der Waals surface area contributed by atoms with Gasteiger partial charge >= 0.3 is 0 Å². The van der Waals surface area contributed by atoms with E-state index in [0.29, 0.717) is 59.1 Å². The molecule has 12 heteroatoms. The second kappa shape index (κ2) is 9.78. The maximum atomic E-state index is 13.8. The molecular weight excluding hydrogens is 555 g/mol. The van der Waals surface area contributed by atoms with Crippen molar-refractivity contribution in [3.05, 3.63) is 82.9 Å². The lowest BCUT2D eigenvalue weighted by atomic mass is 10.3. The van der Waals surface area contributed by atoms with Crippen LogP contribution < -0.4 is 0 Å². The van der Waals surface area contributed by atoms with Gasteiger partial charge in [0.15, 0.2) is 23.3 Å². The summed E-state index contributed by atoms with van der Waals surface area (Å²) < 4.78 is 29.3. The summed E-state index contributed by atoms with van der Waals surface area (Å²) in [7, 11) is 0. The number of benzene rings is 2. The summed E-state index contributed by atoms with van der Waals surface area (Å²) in [5, 5.41) is 8.01. The van der Waals surface area contributed by atoms with E-state index in [-0.39, 0.29) is 11.7 Å². The second-order valence-corrected chi connectivity index (χ2v) is 9.25. The summed E-state index contributed by atoms with van der Waals surface area (Å²) in [4.78, 5) is 18.6. The summed E-state index contributed by atoms with van der Waals surface area (Å²) in [6.45, 7) is 3.89. The Bertz CT molecular complexity index is 1730. The highest BCUT2D eigenvalue weighted by Gasteiger charge is 2.24. The van der Waals surface area contributed by atoms with E-state index in [2.05, 4.69) is 36.2 Å². The zero-order valence-corrected chi connectivity index (χ0v) is 21.9. The summed E-state index contributed by atoms with van der Waals surface area (Å²) in [5.74, 6) is 2.32. The van der Waals surface area contributed by atoms with Gasteiger partial charge in [0.1, 0.15) is 17.2 Å². The van der Waals surface area contributed by atoms with Crippen LogP contribution in [0.4, 0.5) is 4.39 Å². The molecule has 0 unspecified atom stereocenters. The van der Waals surface area contributed by atoms with Crippen LogP contribution in [0.2, 0.25) is 0 Å². The molecule has 0 atom stereocenters. The molecule has 2 aromatic carbocycles. The van der Waals surface area contributed by atoms with Crippen LogP contribution in [0.5, 0.6) is 0 Å². The van der Waals surface area contributed by atoms with E-state index < -0.39 is 0 Å². The summed E-state index contributed by atoms with van der Waals surface area (Å²) in [5.41, 5.74) is 2.43. The van der Waals surface area contributed by atoms with Gasteiger partial charge in [-0.25, -0.2) is 14.4 Å². The number of rotatable bonds is 7. The number of hydrogen-bond acceptors (Lipinski definition) is 8. The quantitative estimate of drug-likeness (QED) is 0.233. The molecule has 0 saturated heterocycles. The van der Waals surface area contributed by atoms with Gasteiger partial charge in [-0.2, -0.15) is 9.97 Å². The molecule has 0 radical (unpaired) electrons. The fourth-order valence-corrected chi connectivity index (χ4v) is 4.29. The van der Waals surface area contributed by atoms with Crippen molar-refractivity contribution in [3.8, 4) is 46.2 Å². The number of halogens is 2. The molecule has 0 N–H and O–H groups in total. The first kappa shape index (κ1) is 23.9. The van der Waals surface area contributed by atoms with Gasteiger partial charge in [-0.3, -0.25) is 9.13 Å². The molecule has 38 heavy (non-hydrogen) atoms. The minimum absolute atomic E-state index is 0.272. The molecule has 0 aliphatic heterocycles. The number of aryl methyl sites for hydroxylation is 2. The third kappa shape index (κ3) is 4.43. The normalized spacial score (nSPS) is 11.4. The van der Waals surface area contributed by atoms with Gasteiger partial charge in [0.2, 0.25) is 0 Å². The smallest absolute Gasteiger partial charge is 0.278 e. The van der Waals surface area contributed by atoms with Gasteiger partial charge in [0.25, 0.3) is 11.8 Å². The van der Waals surface area contributed by atoms with Crippen LogP contribution in [0.25, 0.3) is 46.2 Å². The molecule has 0 fully saturated rings. The van der Waals surface area contributed by atoms with Gasteiger partial charge in [-0.15, -0.1) is 0 Å². The topological polar surface area (TPSA) is 113 Å². The largest absolute Gasteiger partial charge is 0.332 e. The minimum Gasteiger partial charge on any atom is -0.332 e. The van der Waals surface area contributed by atoms with Crippen LogP contribution in [-0.2, 0) is 12.8 Å². The van der Waals surface area contributed by atoms with Gasteiger partial charge in [-0.05, 0) is 42.5 Å². The molecule has 0 bridgehead atoms. The van der Waals surface area contributed by atoms with Crippen molar-refractivity contribution < 1.29 is 13.4 Å². The Morgan fingerprint density at radius 2 is 1.29 bits per heavy atom. The maximum absolute atomic E-state index is 13.8. The molecule has 0 aliphatic rings. The average molecular weight is 575 g/mol. The fourth-order valence-electron chi connectivity index (χ4n) is 3.91. The predicted molar refractivity (Wildman–Crippen MR) is 139 cm³/mol. The molecule has 0 amide bonds. The molecule has 10 nitrogen and oxygen atoms in total. The Balaban J connectivity index is 1.58. The molecule has 0 saturated carbocycles. The van der Waals surface area contributed by atoms with Crippen molar-refractivity contribution in [1.29, 1.82) is 0 Å². The predicted octanol–water partition coefficient (Wildman–Crippen LogP) is 5.85. The first-order valence-corrected chi connectivity index (χ1v) is 12.7. The van der Waals surface area contributed by atoms with Crippen molar-refractivity contribution in [1.82, 2.24) is 39.4 Å². The van der Waals surface area contributed by atoms with E-state index in [1.54, 1.807) is 22.9 Å². The number of nitrogens with zero attached hydrogens (tertiary/aromatic N) is 8. The lowest BCUT2D eigenvalue weighted by Gasteiger charge is -2.10. The van der Waals surface area contributed by atoms with E-state index in [1.165, 1.54) is 12.1 Å². The highest BCUT2D eigenvalue weighted by Crippen LogP contribution is 2.31. The zero-order chi connectivity index (χ0) is 26.2. The van der Waals surface area contributed by atoms with Gasteiger partial charge in [0.05, 0.1) is 0 Å². The number of aromatic nitrogens is 8. The molecule has 0 spiro atoms. The fraction of sp³-hybridized carbons (Fsp3) is 0.154. The molecule has 6 rings (SSSR count). The van der Waals surface area contributed by atoms with E-state index in [1.807, 2.05) is 48.9 Å². The molecular formula is C26H20BrFN8O2. The van der Waals surface area contributed by atoms with Crippen LogP contribution in [0, 0.1) is 5.82 Å². The Morgan fingerprint density at radius 3 is 1.79 bits per heavy atom. The lowest BCUT2D eigenvalue weighted by Crippen LogP contribution is -2.03. The van der Waals surface area contributed by atoms with Crippen molar-refractivity contribution in [2.24, 2.45) is 0 Å². The Hall–Kier alpha value is -4.45. The summed E-state index contributed by atoms with van der Waals surface area (Å²) >= 11 is 3.55. The van der Waals surface area contributed by atoms with E-state index in [4.69, 9.17) is 19.0 Å². The third-order valence-corrected chi connectivity index (χ3v) is 6.30. The highest BCUT2D eigenvalue weighted by atomic mass is 79.9. The van der Waals surface area contributed by atoms with Crippen molar-refractivity contribution in [2.45, 2.75) is 26.7 Å². The van der Waals surface area contributed by atoms with Crippen LogP contribution >= 0.6 is 15.9 Å². The summed E-state index contributed by atoms with van der Waals surface area (Å²) in [6.07, 6.45) is 4.83. The van der Waals surface area contributed by atoms with Gasteiger partial charge in [0, 0.05) is 41.1 Å². The van der Waals surface area contributed by atoms with Crippen LogP contribution in [-0.4, -0.2) is 39.4 Å².